The maximum Gasteiger partial charge on any atom is 0.0147 e. The van der Waals surface area contributed by atoms with Crippen molar-refractivity contribution in [1.82, 2.24) is 0 Å². The van der Waals surface area contributed by atoms with E-state index in [1.54, 1.807) is 0 Å². The highest BCUT2D eigenvalue weighted by Crippen LogP contribution is 2.50. The molecule has 1 unspecified atom stereocenters. The van der Waals surface area contributed by atoms with E-state index in [2.05, 4.69) is 72.4 Å². The van der Waals surface area contributed by atoms with Gasteiger partial charge in [-0.3, -0.25) is 0 Å². The summed E-state index contributed by atoms with van der Waals surface area (Å²) in [5.41, 5.74) is 2.09. The molecule has 0 heterocycles. The first-order valence-corrected chi connectivity index (χ1v) is 6.15. The van der Waals surface area contributed by atoms with E-state index >= 15 is 0 Å². The van der Waals surface area contributed by atoms with E-state index in [1.807, 2.05) is 0 Å². The molecule has 1 aliphatic rings. The maximum absolute atomic E-state index is 4.06. The first-order chi connectivity index (χ1) is 7.12. The molecule has 0 saturated carbocycles. The smallest absolute Gasteiger partial charge is 0.0147 e. The minimum absolute atomic E-state index is 0.102. The summed E-state index contributed by atoms with van der Waals surface area (Å²) >= 11 is 0. The summed E-state index contributed by atoms with van der Waals surface area (Å²) in [6.45, 7) is 17.8. The van der Waals surface area contributed by atoms with E-state index < -0.39 is 0 Å². The van der Waals surface area contributed by atoms with Gasteiger partial charge in [-0.05, 0) is 17.3 Å². The number of allylic oxidation sites excluding steroid dienone is 5. The molecule has 1 atom stereocenters. The highest BCUT2D eigenvalue weighted by Gasteiger charge is 2.40. The largest absolute Gasteiger partial charge is 0.102 e. The molecule has 0 fully saturated rings. The first-order valence-electron chi connectivity index (χ1n) is 6.15. The minimum atomic E-state index is 0.102. The average molecular weight is 218 g/mol. The Morgan fingerprint density at radius 3 is 2.12 bits per heavy atom. The van der Waals surface area contributed by atoms with Crippen molar-refractivity contribution in [2.24, 2.45) is 16.2 Å². The molecular weight excluding hydrogens is 192 g/mol. The van der Waals surface area contributed by atoms with Crippen LogP contribution < -0.4 is 0 Å². The lowest BCUT2D eigenvalue weighted by molar-refractivity contribution is 0.192. The van der Waals surface area contributed by atoms with Gasteiger partial charge in [0.15, 0.2) is 0 Å². The molecule has 0 radical (unpaired) electrons. The monoisotopic (exact) mass is 218 g/mol. The van der Waals surface area contributed by atoms with Crippen molar-refractivity contribution in [3.63, 3.8) is 0 Å². The van der Waals surface area contributed by atoms with Gasteiger partial charge in [-0.1, -0.05) is 71.4 Å². The van der Waals surface area contributed by atoms with Gasteiger partial charge in [0.25, 0.3) is 0 Å². The Kier molecular flexibility index (Phi) is 3.24. The SMILES string of the molecule is C=CC1(C(C)(C)C)C=CC=C(C(C)(C)C)C1. The number of hydrogen-bond donors (Lipinski definition) is 0. The van der Waals surface area contributed by atoms with Gasteiger partial charge in [-0.15, -0.1) is 6.58 Å². The van der Waals surface area contributed by atoms with Crippen molar-refractivity contribution in [3.8, 4) is 0 Å². The molecule has 0 aromatic rings. The highest BCUT2D eigenvalue weighted by atomic mass is 14.4. The third-order valence-electron chi connectivity index (χ3n) is 3.90. The minimum Gasteiger partial charge on any atom is -0.102 e. The van der Waals surface area contributed by atoms with Crippen molar-refractivity contribution in [2.45, 2.75) is 48.0 Å². The van der Waals surface area contributed by atoms with Gasteiger partial charge in [0, 0.05) is 5.41 Å². The number of hydrogen-bond acceptors (Lipinski definition) is 0. The molecular formula is C16H26. The molecule has 0 amide bonds. The quantitative estimate of drug-likeness (QED) is 0.535. The molecule has 90 valence electrons. The fourth-order valence-electron chi connectivity index (χ4n) is 2.25. The van der Waals surface area contributed by atoms with E-state index in [0.717, 1.165) is 6.42 Å². The van der Waals surface area contributed by atoms with Crippen LogP contribution in [0.5, 0.6) is 0 Å². The second-order valence-corrected chi connectivity index (χ2v) is 6.97. The van der Waals surface area contributed by atoms with Gasteiger partial charge < -0.3 is 0 Å². The lowest BCUT2D eigenvalue weighted by atomic mass is 9.60. The van der Waals surface area contributed by atoms with E-state index in [1.165, 1.54) is 5.57 Å². The summed E-state index contributed by atoms with van der Waals surface area (Å²) in [5, 5.41) is 0. The second-order valence-electron chi connectivity index (χ2n) is 6.97. The van der Waals surface area contributed by atoms with Gasteiger partial charge in [0.05, 0.1) is 0 Å². The summed E-state index contributed by atoms with van der Waals surface area (Å²) in [7, 11) is 0. The summed E-state index contributed by atoms with van der Waals surface area (Å²) in [5.74, 6) is 0. The van der Waals surface area contributed by atoms with Crippen LogP contribution in [0.3, 0.4) is 0 Å². The normalized spacial score (nSPS) is 26.5. The second kappa shape index (κ2) is 3.91. The Hall–Kier alpha value is -0.780. The maximum atomic E-state index is 4.06. The molecule has 0 heteroatoms. The molecule has 0 aliphatic heterocycles. The molecule has 0 aromatic carbocycles. The lowest BCUT2D eigenvalue weighted by Gasteiger charge is -2.44. The molecule has 0 spiro atoms. The third-order valence-corrected chi connectivity index (χ3v) is 3.90. The van der Waals surface area contributed by atoms with E-state index in [-0.39, 0.29) is 16.2 Å². The zero-order valence-electron chi connectivity index (χ0n) is 11.7. The van der Waals surface area contributed by atoms with Crippen LogP contribution in [0.4, 0.5) is 0 Å². The lowest BCUT2D eigenvalue weighted by Crippen LogP contribution is -2.35. The number of rotatable bonds is 1. The summed E-state index contributed by atoms with van der Waals surface area (Å²) in [6.07, 6.45) is 10.0. The van der Waals surface area contributed by atoms with Crippen molar-refractivity contribution >= 4 is 0 Å². The van der Waals surface area contributed by atoms with Crippen LogP contribution in [0.15, 0.2) is 36.5 Å². The van der Waals surface area contributed by atoms with Crippen LogP contribution in [-0.2, 0) is 0 Å². The van der Waals surface area contributed by atoms with Gasteiger partial charge in [-0.25, -0.2) is 0 Å². The molecule has 0 saturated heterocycles. The van der Waals surface area contributed by atoms with Crippen molar-refractivity contribution < 1.29 is 0 Å². The Labute approximate surface area is 101 Å². The van der Waals surface area contributed by atoms with E-state index in [9.17, 15) is 0 Å². The van der Waals surface area contributed by atoms with Gasteiger partial charge in [-0.2, -0.15) is 0 Å². The third kappa shape index (κ3) is 2.31. The zero-order chi connectivity index (χ0) is 12.6. The van der Waals surface area contributed by atoms with Crippen molar-refractivity contribution in [2.75, 3.05) is 0 Å². The topological polar surface area (TPSA) is 0 Å². The Bertz CT molecular complexity index is 328. The van der Waals surface area contributed by atoms with Gasteiger partial charge in [0.1, 0.15) is 0 Å². The molecule has 0 bridgehead atoms. The standard InChI is InChI=1S/C16H26/c1-8-16(15(5,6)7)11-9-10-13(12-16)14(2,3)4/h8-11H,1,12H2,2-7H3. The van der Waals surface area contributed by atoms with Crippen molar-refractivity contribution in [3.05, 3.63) is 36.5 Å². The van der Waals surface area contributed by atoms with Crippen LogP contribution in [0.1, 0.15) is 48.0 Å². The summed E-state index contributed by atoms with van der Waals surface area (Å²) < 4.78 is 0. The van der Waals surface area contributed by atoms with Crippen molar-refractivity contribution in [1.29, 1.82) is 0 Å². The summed E-state index contributed by atoms with van der Waals surface area (Å²) in [4.78, 5) is 0. The average Bonchev–Trinajstić information content (AvgIpc) is 2.15. The predicted octanol–water partition coefficient (Wildman–Crippen LogP) is 5.14. The van der Waals surface area contributed by atoms with Crippen LogP contribution in [0.25, 0.3) is 0 Å². The predicted molar refractivity (Wildman–Crippen MR) is 73.4 cm³/mol. The highest BCUT2D eigenvalue weighted by molar-refractivity contribution is 5.32. The molecule has 1 aliphatic carbocycles. The van der Waals surface area contributed by atoms with E-state index in [0.29, 0.717) is 0 Å². The zero-order valence-corrected chi connectivity index (χ0v) is 11.7. The van der Waals surface area contributed by atoms with Crippen LogP contribution in [0, 0.1) is 16.2 Å². The van der Waals surface area contributed by atoms with Crippen LogP contribution >= 0.6 is 0 Å². The van der Waals surface area contributed by atoms with E-state index in [4.69, 9.17) is 0 Å². The van der Waals surface area contributed by atoms with Crippen LogP contribution in [0.2, 0.25) is 0 Å². The van der Waals surface area contributed by atoms with Gasteiger partial charge >= 0.3 is 0 Å². The Morgan fingerprint density at radius 2 is 1.75 bits per heavy atom. The fraction of sp³-hybridized carbons (Fsp3) is 0.625. The molecule has 16 heavy (non-hydrogen) atoms. The fourth-order valence-corrected chi connectivity index (χ4v) is 2.25. The van der Waals surface area contributed by atoms with Crippen LogP contribution in [-0.4, -0.2) is 0 Å². The van der Waals surface area contributed by atoms with Gasteiger partial charge in [0.2, 0.25) is 0 Å². The first kappa shape index (κ1) is 13.3. The molecule has 0 nitrogen and oxygen atoms in total. The Morgan fingerprint density at radius 1 is 1.19 bits per heavy atom. The Balaban J connectivity index is 3.11. The molecule has 1 rings (SSSR count). The summed E-state index contributed by atoms with van der Waals surface area (Å²) in [6, 6.07) is 0. The molecule has 0 aromatic heterocycles. The molecule has 0 N–H and O–H groups in total.